The average molecular weight is 383 g/mol. The molecule has 26 heavy (non-hydrogen) atoms. The van der Waals surface area contributed by atoms with E-state index < -0.39 is 23.8 Å². The Morgan fingerprint density at radius 2 is 1.88 bits per heavy atom. The van der Waals surface area contributed by atoms with Crippen LogP contribution in [0.1, 0.15) is 28.8 Å². The van der Waals surface area contributed by atoms with Crippen molar-refractivity contribution in [3.05, 3.63) is 70.8 Å². The van der Waals surface area contributed by atoms with Gasteiger partial charge in [0.1, 0.15) is 12.1 Å². The van der Waals surface area contributed by atoms with Gasteiger partial charge >= 0.3 is 0 Å². The lowest BCUT2D eigenvalue weighted by molar-refractivity contribution is -0.140. The number of nitrogens with two attached hydrogens (primary N) is 1. The number of carbonyl (C=O) groups excluding carboxylic acids is 1. The second-order valence-corrected chi connectivity index (χ2v) is 6.21. The first-order chi connectivity index (χ1) is 12.0. The summed E-state index contributed by atoms with van der Waals surface area (Å²) in [5.74, 6) is -2.05. The molecule has 1 aliphatic rings. The number of benzene rings is 2. The van der Waals surface area contributed by atoms with Crippen LogP contribution in [0.4, 0.5) is 8.78 Å². The summed E-state index contributed by atoms with van der Waals surface area (Å²) >= 11 is 0. The van der Waals surface area contributed by atoms with Crippen LogP contribution in [0.3, 0.4) is 0 Å². The van der Waals surface area contributed by atoms with Gasteiger partial charge < -0.3 is 15.4 Å². The molecule has 2 N–H and O–H groups in total. The zero-order valence-corrected chi connectivity index (χ0v) is 15.1. The molecule has 1 aliphatic heterocycles. The maximum absolute atomic E-state index is 13.4. The van der Waals surface area contributed by atoms with Crippen molar-refractivity contribution in [1.82, 2.24) is 4.90 Å². The standard InChI is InChI=1S/C19H20F2N2O2.ClH/c1-12-2-4-13(5-3-12)18(22)19(24)23-8-9-25-17(11-23)14-6-7-15(20)16(21)10-14;/h2-7,10,17-18H,8-9,11,22H2,1H3;1H. The van der Waals surface area contributed by atoms with Gasteiger partial charge in [0.15, 0.2) is 11.6 Å². The van der Waals surface area contributed by atoms with Crippen LogP contribution in [-0.2, 0) is 9.53 Å². The second-order valence-electron chi connectivity index (χ2n) is 6.21. The maximum Gasteiger partial charge on any atom is 0.244 e. The Morgan fingerprint density at radius 1 is 1.19 bits per heavy atom. The molecule has 2 aromatic rings. The molecule has 0 aliphatic carbocycles. The van der Waals surface area contributed by atoms with E-state index in [-0.39, 0.29) is 24.9 Å². The fourth-order valence-electron chi connectivity index (χ4n) is 2.88. The third kappa shape index (κ3) is 4.38. The molecular weight excluding hydrogens is 362 g/mol. The summed E-state index contributed by atoms with van der Waals surface area (Å²) in [5.41, 5.74) is 8.44. The predicted molar refractivity (Wildman–Crippen MR) is 97.0 cm³/mol. The molecule has 3 rings (SSSR count). The largest absolute Gasteiger partial charge is 0.370 e. The van der Waals surface area contributed by atoms with Crippen molar-refractivity contribution in [2.24, 2.45) is 5.73 Å². The molecule has 0 bridgehead atoms. The topological polar surface area (TPSA) is 55.6 Å². The van der Waals surface area contributed by atoms with Gasteiger partial charge in [-0.1, -0.05) is 35.9 Å². The zero-order valence-electron chi connectivity index (χ0n) is 14.3. The molecule has 1 heterocycles. The maximum atomic E-state index is 13.4. The van der Waals surface area contributed by atoms with Crippen LogP contribution in [0.2, 0.25) is 0 Å². The fraction of sp³-hybridized carbons (Fsp3) is 0.316. The number of hydrogen-bond acceptors (Lipinski definition) is 3. The number of morpholine rings is 1. The third-order valence-corrected chi connectivity index (χ3v) is 4.40. The highest BCUT2D eigenvalue weighted by Gasteiger charge is 2.29. The molecule has 2 unspecified atom stereocenters. The molecule has 4 nitrogen and oxygen atoms in total. The minimum Gasteiger partial charge on any atom is -0.370 e. The lowest BCUT2D eigenvalue weighted by Crippen LogP contribution is -2.46. The number of carbonyl (C=O) groups is 1. The van der Waals surface area contributed by atoms with Crippen molar-refractivity contribution < 1.29 is 18.3 Å². The summed E-state index contributed by atoms with van der Waals surface area (Å²) in [4.78, 5) is 14.3. The lowest BCUT2D eigenvalue weighted by atomic mass is 10.0. The number of ether oxygens (including phenoxy) is 1. The summed E-state index contributed by atoms with van der Waals surface area (Å²) < 4.78 is 32.2. The molecule has 0 aromatic heterocycles. The van der Waals surface area contributed by atoms with E-state index in [2.05, 4.69) is 0 Å². The van der Waals surface area contributed by atoms with Gasteiger partial charge in [0, 0.05) is 6.54 Å². The van der Waals surface area contributed by atoms with Crippen LogP contribution in [-0.4, -0.2) is 30.5 Å². The Balaban J connectivity index is 0.00000243. The zero-order chi connectivity index (χ0) is 18.0. The molecule has 2 aromatic carbocycles. The van der Waals surface area contributed by atoms with Gasteiger partial charge in [0.2, 0.25) is 5.91 Å². The summed E-state index contributed by atoms with van der Waals surface area (Å²) in [7, 11) is 0. The predicted octanol–water partition coefficient (Wildman–Crippen LogP) is 3.29. The molecule has 0 saturated carbocycles. The second kappa shape index (κ2) is 8.58. The minimum absolute atomic E-state index is 0. The van der Waals surface area contributed by atoms with E-state index in [0.717, 1.165) is 23.3 Å². The number of nitrogens with zero attached hydrogens (tertiary/aromatic N) is 1. The van der Waals surface area contributed by atoms with Gasteiger partial charge in [-0.2, -0.15) is 0 Å². The van der Waals surface area contributed by atoms with Crippen LogP contribution < -0.4 is 5.73 Å². The van der Waals surface area contributed by atoms with Crippen molar-refractivity contribution in [3.8, 4) is 0 Å². The fourth-order valence-corrected chi connectivity index (χ4v) is 2.88. The average Bonchev–Trinajstić information content (AvgIpc) is 2.63. The monoisotopic (exact) mass is 382 g/mol. The van der Waals surface area contributed by atoms with Crippen LogP contribution in [0.5, 0.6) is 0 Å². The summed E-state index contributed by atoms with van der Waals surface area (Å²) in [6.07, 6.45) is -0.502. The Labute approximate surface area is 157 Å². The van der Waals surface area contributed by atoms with Crippen molar-refractivity contribution in [2.75, 3.05) is 19.7 Å². The lowest BCUT2D eigenvalue weighted by Gasteiger charge is -2.34. The van der Waals surface area contributed by atoms with Gasteiger partial charge in [0.05, 0.1) is 13.2 Å². The van der Waals surface area contributed by atoms with E-state index in [0.29, 0.717) is 18.7 Å². The van der Waals surface area contributed by atoms with Gasteiger partial charge in [-0.15, -0.1) is 12.4 Å². The highest BCUT2D eigenvalue weighted by molar-refractivity contribution is 5.85. The smallest absolute Gasteiger partial charge is 0.244 e. The molecule has 0 spiro atoms. The normalized spacial score (nSPS) is 18.2. The van der Waals surface area contributed by atoms with Crippen molar-refractivity contribution in [1.29, 1.82) is 0 Å². The Hall–Kier alpha value is -2.02. The minimum atomic E-state index is -0.930. The van der Waals surface area contributed by atoms with Gasteiger partial charge in [0.25, 0.3) is 0 Å². The van der Waals surface area contributed by atoms with Crippen molar-refractivity contribution >= 4 is 18.3 Å². The number of aryl methyl sites for hydroxylation is 1. The summed E-state index contributed by atoms with van der Waals surface area (Å²) in [5, 5.41) is 0. The Kier molecular flexibility index (Phi) is 6.69. The van der Waals surface area contributed by atoms with Crippen LogP contribution in [0, 0.1) is 18.6 Å². The van der Waals surface area contributed by atoms with Gasteiger partial charge in [-0.25, -0.2) is 8.78 Å². The van der Waals surface area contributed by atoms with Crippen LogP contribution >= 0.6 is 12.4 Å². The van der Waals surface area contributed by atoms with Crippen molar-refractivity contribution in [2.45, 2.75) is 19.1 Å². The molecule has 1 saturated heterocycles. The molecule has 1 amide bonds. The number of rotatable bonds is 3. The van der Waals surface area contributed by atoms with E-state index >= 15 is 0 Å². The highest BCUT2D eigenvalue weighted by atomic mass is 35.5. The van der Waals surface area contributed by atoms with E-state index in [1.54, 1.807) is 4.90 Å². The van der Waals surface area contributed by atoms with Gasteiger partial charge in [-0.3, -0.25) is 4.79 Å². The molecule has 2 atom stereocenters. The van der Waals surface area contributed by atoms with E-state index in [1.807, 2.05) is 31.2 Å². The number of amides is 1. The first-order valence-electron chi connectivity index (χ1n) is 8.13. The van der Waals surface area contributed by atoms with E-state index in [1.165, 1.54) is 6.07 Å². The van der Waals surface area contributed by atoms with E-state index in [9.17, 15) is 13.6 Å². The van der Waals surface area contributed by atoms with Gasteiger partial charge in [-0.05, 0) is 30.2 Å². The molecule has 1 fully saturated rings. The SMILES string of the molecule is Cc1ccc(C(N)C(=O)N2CCOC(c3ccc(F)c(F)c3)C2)cc1.Cl. The van der Waals surface area contributed by atoms with E-state index in [4.69, 9.17) is 10.5 Å². The molecular formula is C19H21ClF2N2O2. The number of hydrogen-bond donors (Lipinski definition) is 1. The molecule has 0 radical (unpaired) electrons. The molecule has 7 heteroatoms. The van der Waals surface area contributed by atoms with Crippen LogP contribution in [0.25, 0.3) is 0 Å². The van der Waals surface area contributed by atoms with Crippen LogP contribution in [0.15, 0.2) is 42.5 Å². The highest BCUT2D eigenvalue weighted by Crippen LogP contribution is 2.25. The Bertz CT molecular complexity index is 771. The summed E-state index contributed by atoms with van der Waals surface area (Å²) in [6.45, 7) is 2.95. The summed E-state index contributed by atoms with van der Waals surface area (Å²) in [6, 6.07) is 10.4. The first kappa shape index (κ1) is 20.3. The number of halogens is 3. The molecule has 140 valence electrons. The van der Waals surface area contributed by atoms with Crippen molar-refractivity contribution in [3.63, 3.8) is 0 Å². The third-order valence-electron chi connectivity index (χ3n) is 4.40. The quantitative estimate of drug-likeness (QED) is 0.886. The Morgan fingerprint density at radius 3 is 2.54 bits per heavy atom. The first-order valence-corrected chi connectivity index (χ1v) is 8.13.